The molecule has 6 heteroatoms. The molecule has 2 fully saturated rings. The van der Waals surface area contributed by atoms with Crippen LogP contribution in [0, 0.1) is 0 Å². The zero-order valence-electron chi connectivity index (χ0n) is 16.5. The Morgan fingerprint density at radius 2 is 1.93 bits per heavy atom. The van der Waals surface area contributed by atoms with Crippen molar-refractivity contribution >= 4 is 11.6 Å². The SMILES string of the molecule is C[C@@H]1C[C@H](O)[C@@H](O)[C@H](c2ccc(Cl)c(Cc3ccc(O[C@H]4CCOC4)cc3)c2)O1. The van der Waals surface area contributed by atoms with Gasteiger partial charge in [0.1, 0.15) is 24.1 Å². The molecule has 0 aliphatic carbocycles. The second kappa shape index (κ2) is 9.02. The second-order valence-corrected chi connectivity index (χ2v) is 8.34. The van der Waals surface area contributed by atoms with Gasteiger partial charge in [0.15, 0.2) is 0 Å². The van der Waals surface area contributed by atoms with E-state index in [0.29, 0.717) is 24.5 Å². The van der Waals surface area contributed by atoms with Gasteiger partial charge in [0.25, 0.3) is 0 Å². The van der Waals surface area contributed by atoms with Crippen LogP contribution in [0.2, 0.25) is 5.02 Å². The minimum Gasteiger partial charge on any atom is -0.488 e. The highest BCUT2D eigenvalue weighted by molar-refractivity contribution is 6.31. The van der Waals surface area contributed by atoms with Gasteiger partial charge in [-0.2, -0.15) is 0 Å². The number of rotatable bonds is 5. The van der Waals surface area contributed by atoms with Crippen LogP contribution in [0.5, 0.6) is 5.75 Å². The molecule has 0 spiro atoms. The van der Waals surface area contributed by atoms with E-state index < -0.39 is 18.3 Å². The van der Waals surface area contributed by atoms with E-state index in [0.717, 1.165) is 35.5 Å². The molecule has 5 atom stereocenters. The highest BCUT2D eigenvalue weighted by atomic mass is 35.5. The number of benzene rings is 2. The fraction of sp³-hybridized carbons (Fsp3) is 0.478. The molecule has 0 amide bonds. The molecule has 2 saturated heterocycles. The van der Waals surface area contributed by atoms with Crippen molar-refractivity contribution in [3.05, 3.63) is 64.2 Å². The number of halogens is 1. The van der Waals surface area contributed by atoms with Crippen LogP contribution in [0.15, 0.2) is 42.5 Å². The van der Waals surface area contributed by atoms with Crippen molar-refractivity contribution < 1.29 is 24.4 Å². The van der Waals surface area contributed by atoms with Crippen LogP contribution in [0.25, 0.3) is 0 Å². The summed E-state index contributed by atoms with van der Waals surface area (Å²) in [5.41, 5.74) is 2.88. The highest BCUT2D eigenvalue weighted by Gasteiger charge is 2.36. The summed E-state index contributed by atoms with van der Waals surface area (Å²) in [4.78, 5) is 0. The second-order valence-electron chi connectivity index (χ2n) is 7.94. The van der Waals surface area contributed by atoms with Crippen LogP contribution in [0.3, 0.4) is 0 Å². The van der Waals surface area contributed by atoms with Gasteiger partial charge in [0.2, 0.25) is 0 Å². The topological polar surface area (TPSA) is 68.2 Å². The van der Waals surface area contributed by atoms with Crippen molar-refractivity contribution in [1.82, 2.24) is 0 Å². The van der Waals surface area contributed by atoms with Crippen LogP contribution >= 0.6 is 11.6 Å². The molecule has 156 valence electrons. The predicted molar refractivity (Wildman–Crippen MR) is 110 cm³/mol. The van der Waals surface area contributed by atoms with E-state index in [1.54, 1.807) is 0 Å². The Balaban J connectivity index is 1.47. The molecule has 2 N–H and O–H groups in total. The maximum absolute atomic E-state index is 10.4. The molecular weight excluding hydrogens is 392 g/mol. The first-order valence-electron chi connectivity index (χ1n) is 10.1. The third kappa shape index (κ3) is 4.93. The molecule has 5 nitrogen and oxygen atoms in total. The van der Waals surface area contributed by atoms with E-state index in [-0.39, 0.29) is 12.2 Å². The van der Waals surface area contributed by atoms with E-state index in [1.807, 2.05) is 49.4 Å². The van der Waals surface area contributed by atoms with Crippen LogP contribution < -0.4 is 4.74 Å². The smallest absolute Gasteiger partial charge is 0.124 e. The van der Waals surface area contributed by atoms with Gasteiger partial charge in [-0.1, -0.05) is 35.9 Å². The van der Waals surface area contributed by atoms with Crippen LogP contribution in [-0.2, 0) is 15.9 Å². The summed E-state index contributed by atoms with van der Waals surface area (Å²) < 4.78 is 17.2. The molecule has 2 aromatic rings. The third-order valence-electron chi connectivity index (χ3n) is 5.56. The van der Waals surface area contributed by atoms with Gasteiger partial charge in [-0.3, -0.25) is 0 Å². The van der Waals surface area contributed by atoms with Crippen LogP contribution in [0.1, 0.15) is 42.6 Å². The Labute approximate surface area is 176 Å². The minimum atomic E-state index is -0.948. The lowest BCUT2D eigenvalue weighted by Crippen LogP contribution is -2.42. The number of hydrogen-bond donors (Lipinski definition) is 2. The Bertz CT molecular complexity index is 819. The first kappa shape index (κ1) is 20.6. The monoisotopic (exact) mass is 418 g/mol. The minimum absolute atomic E-state index is 0.115. The zero-order chi connectivity index (χ0) is 20.4. The van der Waals surface area contributed by atoms with Gasteiger partial charge in [-0.25, -0.2) is 0 Å². The van der Waals surface area contributed by atoms with Crippen molar-refractivity contribution in [2.24, 2.45) is 0 Å². The average molecular weight is 419 g/mol. The molecule has 0 radical (unpaired) electrons. The number of ether oxygens (including phenoxy) is 3. The van der Waals surface area contributed by atoms with Crippen molar-refractivity contribution in [3.63, 3.8) is 0 Å². The van der Waals surface area contributed by atoms with E-state index in [9.17, 15) is 10.2 Å². The van der Waals surface area contributed by atoms with Crippen molar-refractivity contribution in [2.75, 3.05) is 13.2 Å². The Hall–Kier alpha value is -1.63. The maximum Gasteiger partial charge on any atom is 0.124 e. The third-order valence-corrected chi connectivity index (χ3v) is 5.93. The van der Waals surface area contributed by atoms with E-state index in [1.165, 1.54) is 0 Å². The summed E-state index contributed by atoms with van der Waals surface area (Å²) in [7, 11) is 0. The maximum atomic E-state index is 10.4. The van der Waals surface area contributed by atoms with E-state index >= 15 is 0 Å². The summed E-state index contributed by atoms with van der Waals surface area (Å²) in [5, 5.41) is 21.1. The standard InChI is InChI=1S/C23H27ClO5/c1-14-10-21(25)22(26)23(28-14)16-4-7-20(24)17(12-16)11-15-2-5-18(6-3-15)29-19-8-9-27-13-19/h2-7,12,14,19,21-23,25-26H,8-11,13H2,1H3/t14-,19+,21+,22-,23+/m1/s1. The number of hydrogen-bond acceptors (Lipinski definition) is 5. The van der Waals surface area contributed by atoms with Crippen LogP contribution in [-0.4, -0.2) is 47.8 Å². The molecule has 2 aliphatic rings. The van der Waals surface area contributed by atoms with Gasteiger partial charge in [0.05, 0.1) is 25.4 Å². The molecule has 29 heavy (non-hydrogen) atoms. The first-order valence-corrected chi connectivity index (χ1v) is 10.5. The van der Waals surface area contributed by atoms with Crippen molar-refractivity contribution in [1.29, 1.82) is 0 Å². The summed E-state index contributed by atoms with van der Waals surface area (Å²) in [6.45, 7) is 3.31. The highest BCUT2D eigenvalue weighted by Crippen LogP contribution is 2.34. The van der Waals surface area contributed by atoms with Crippen molar-refractivity contribution in [3.8, 4) is 5.75 Å². The average Bonchev–Trinajstić information content (AvgIpc) is 3.21. The molecular formula is C23H27ClO5. The van der Waals surface area contributed by atoms with Gasteiger partial charge >= 0.3 is 0 Å². The lowest BCUT2D eigenvalue weighted by molar-refractivity contribution is -0.166. The molecule has 0 bridgehead atoms. The van der Waals surface area contributed by atoms with Gasteiger partial charge in [0, 0.05) is 17.9 Å². The lowest BCUT2D eigenvalue weighted by atomic mass is 9.92. The summed E-state index contributed by atoms with van der Waals surface area (Å²) in [6, 6.07) is 13.6. The van der Waals surface area contributed by atoms with E-state index in [4.69, 9.17) is 25.8 Å². The summed E-state index contributed by atoms with van der Waals surface area (Å²) >= 11 is 6.43. The Kier molecular flexibility index (Phi) is 6.42. The molecule has 0 unspecified atom stereocenters. The van der Waals surface area contributed by atoms with Gasteiger partial charge in [-0.15, -0.1) is 0 Å². The molecule has 2 aliphatic heterocycles. The van der Waals surface area contributed by atoms with Crippen molar-refractivity contribution in [2.45, 2.75) is 56.7 Å². The van der Waals surface area contributed by atoms with E-state index in [2.05, 4.69) is 0 Å². The quantitative estimate of drug-likeness (QED) is 0.775. The molecule has 0 saturated carbocycles. The predicted octanol–water partition coefficient (Wildman–Crippen LogP) is 3.67. The van der Waals surface area contributed by atoms with Gasteiger partial charge < -0.3 is 24.4 Å². The Morgan fingerprint density at radius 3 is 2.66 bits per heavy atom. The largest absolute Gasteiger partial charge is 0.488 e. The van der Waals surface area contributed by atoms with Crippen LogP contribution in [0.4, 0.5) is 0 Å². The Morgan fingerprint density at radius 1 is 1.14 bits per heavy atom. The number of aliphatic hydroxyl groups is 2. The van der Waals surface area contributed by atoms with Gasteiger partial charge in [-0.05, 0) is 48.2 Å². The fourth-order valence-electron chi connectivity index (χ4n) is 3.95. The summed E-state index contributed by atoms with van der Waals surface area (Å²) in [6.07, 6.45) is -0.278. The molecule has 2 heterocycles. The number of aliphatic hydroxyl groups excluding tert-OH is 2. The normalized spacial score (nSPS) is 29.7. The summed E-state index contributed by atoms with van der Waals surface area (Å²) in [5.74, 6) is 0.839. The lowest BCUT2D eigenvalue weighted by Gasteiger charge is -2.36. The molecule has 2 aromatic carbocycles. The fourth-order valence-corrected chi connectivity index (χ4v) is 4.14. The molecule has 4 rings (SSSR count). The first-order chi connectivity index (χ1) is 14.0. The molecule has 0 aromatic heterocycles. The zero-order valence-corrected chi connectivity index (χ0v) is 17.2.